The highest BCUT2D eigenvalue weighted by Gasteiger charge is 2.33. The van der Waals surface area contributed by atoms with Crippen molar-refractivity contribution in [3.05, 3.63) is 83.4 Å². The molecule has 7 heteroatoms. The molecule has 34 heavy (non-hydrogen) atoms. The number of hydrogen-bond donors (Lipinski definition) is 0. The molecule has 0 bridgehead atoms. The van der Waals surface area contributed by atoms with Gasteiger partial charge >= 0.3 is 0 Å². The van der Waals surface area contributed by atoms with Gasteiger partial charge < -0.3 is 18.9 Å². The molecule has 0 fully saturated rings. The molecule has 0 spiro atoms. The number of hydrazone groups is 1. The average Bonchev–Trinajstić information content (AvgIpc) is 3.33. The Kier molecular flexibility index (Phi) is 7.01. The topological polar surface area (TPSA) is 69.6 Å². The lowest BCUT2D eigenvalue weighted by Crippen LogP contribution is -2.31. The summed E-state index contributed by atoms with van der Waals surface area (Å²) in [6, 6.07) is 21.0. The maximum Gasteiger partial charge on any atom is 0.281 e. The monoisotopic (exact) mass is 460 g/mol. The van der Waals surface area contributed by atoms with E-state index in [0.717, 1.165) is 28.2 Å². The van der Waals surface area contributed by atoms with Gasteiger partial charge in [-0.05, 0) is 47.9 Å². The Hall–Kier alpha value is -4.00. The van der Waals surface area contributed by atoms with Crippen molar-refractivity contribution in [3.63, 3.8) is 0 Å². The summed E-state index contributed by atoms with van der Waals surface area (Å²) in [6.45, 7) is 1.72. The molecular weight excluding hydrogens is 432 g/mol. The number of amides is 1. The number of ether oxygens (including phenoxy) is 4. The molecule has 1 aliphatic rings. The molecule has 1 heterocycles. The Bertz CT molecular complexity index is 1150. The second-order valence-electron chi connectivity index (χ2n) is 7.93. The fourth-order valence-corrected chi connectivity index (χ4v) is 3.98. The largest absolute Gasteiger partial charge is 0.497 e. The Morgan fingerprint density at radius 1 is 0.941 bits per heavy atom. The zero-order valence-electron chi connectivity index (χ0n) is 19.8. The normalized spacial score (nSPS) is 15.0. The first-order chi connectivity index (χ1) is 16.5. The highest BCUT2D eigenvalue weighted by atomic mass is 16.5. The van der Waals surface area contributed by atoms with Crippen LogP contribution in [0.25, 0.3) is 0 Å². The average molecular weight is 461 g/mol. The Morgan fingerprint density at radius 2 is 1.59 bits per heavy atom. The molecule has 0 saturated heterocycles. The van der Waals surface area contributed by atoms with Crippen LogP contribution in [-0.2, 0) is 4.79 Å². The van der Waals surface area contributed by atoms with Gasteiger partial charge in [0.1, 0.15) is 5.75 Å². The van der Waals surface area contributed by atoms with Crippen molar-refractivity contribution < 1.29 is 23.7 Å². The zero-order valence-corrected chi connectivity index (χ0v) is 19.8. The third-order valence-corrected chi connectivity index (χ3v) is 5.72. The number of carbonyl (C=O) groups excluding carboxylic acids is 1. The molecule has 1 atom stereocenters. The van der Waals surface area contributed by atoms with Crippen LogP contribution in [0, 0.1) is 6.92 Å². The summed E-state index contributed by atoms with van der Waals surface area (Å²) < 4.78 is 22.1. The van der Waals surface area contributed by atoms with E-state index in [4.69, 9.17) is 24.0 Å². The number of carbonyl (C=O) groups is 1. The summed E-state index contributed by atoms with van der Waals surface area (Å²) in [6.07, 6.45) is 0.596. The van der Waals surface area contributed by atoms with Crippen LogP contribution in [-0.4, -0.2) is 44.6 Å². The van der Waals surface area contributed by atoms with Crippen LogP contribution >= 0.6 is 0 Å². The van der Waals surface area contributed by atoms with E-state index < -0.39 is 0 Å². The number of benzene rings is 3. The Balaban J connectivity index is 1.60. The minimum absolute atomic E-state index is 0.214. The molecule has 3 aromatic rings. The molecule has 0 aromatic heterocycles. The van der Waals surface area contributed by atoms with Gasteiger partial charge in [0.15, 0.2) is 18.1 Å². The van der Waals surface area contributed by atoms with E-state index in [1.165, 1.54) is 5.01 Å². The molecule has 4 rings (SSSR count). The zero-order chi connectivity index (χ0) is 24.1. The Morgan fingerprint density at radius 3 is 2.18 bits per heavy atom. The van der Waals surface area contributed by atoms with Gasteiger partial charge in [-0.15, -0.1) is 0 Å². The van der Waals surface area contributed by atoms with E-state index in [1.54, 1.807) is 21.3 Å². The van der Waals surface area contributed by atoms with E-state index in [1.807, 2.05) is 73.7 Å². The van der Waals surface area contributed by atoms with Gasteiger partial charge in [-0.25, -0.2) is 5.01 Å². The van der Waals surface area contributed by atoms with Crippen LogP contribution in [0.5, 0.6) is 23.0 Å². The summed E-state index contributed by atoms with van der Waals surface area (Å²) in [7, 11) is 4.74. The predicted molar refractivity (Wildman–Crippen MR) is 130 cm³/mol. The predicted octanol–water partition coefficient (Wildman–Crippen LogP) is 4.78. The third-order valence-electron chi connectivity index (χ3n) is 5.72. The second-order valence-corrected chi connectivity index (χ2v) is 7.93. The van der Waals surface area contributed by atoms with Gasteiger partial charge in [0.25, 0.3) is 5.91 Å². The van der Waals surface area contributed by atoms with Crippen molar-refractivity contribution in [2.75, 3.05) is 27.9 Å². The Labute approximate surface area is 199 Å². The van der Waals surface area contributed by atoms with Gasteiger partial charge in [-0.3, -0.25) is 4.79 Å². The number of methoxy groups -OCH3 is 3. The van der Waals surface area contributed by atoms with Crippen molar-refractivity contribution >= 4 is 11.6 Å². The van der Waals surface area contributed by atoms with Crippen molar-refractivity contribution in [1.82, 2.24) is 5.01 Å². The summed E-state index contributed by atoms with van der Waals surface area (Å²) in [5.74, 6) is 1.89. The fourth-order valence-electron chi connectivity index (χ4n) is 3.98. The van der Waals surface area contributed by atoms with Crippen LogP contribution in [0.2, 0.25) is 0 Å². The summed E-state index contributed by atoms with van der Waals surface area (Å²) in [5, 5.41) is 6.21. The lowest BCUT2D eigenvalue weighted by molar-refractivity contribution is -0.135. The van der Waals surface area contributed by atoms with Gasteiger partial charge in [0.05, 0.1) is 33.1 Å². The van der Waals surface area contributed by atoms with Crippen LogP contribution < -0.4 is 18.9 Å². The summed E-state index contributed by atoms with van der Waals surface area (Å²) >= 11 is 0. The van der Waals surface area contributed by atoms with Gasteiger partial charge in [-0.1, -0.05) is 42.5 Å². The summed E-state index contributed by atoms with van der Waals surface area (Å²) in [4.78, 5) is 13.4. The quantitative estimate of drug-likeness (QED) is 0.484. The molecule has 0 saturated carbocycles. The molecule has 1 aliphatic heterocycles. The third kappa shape index (κ3) is 4.83. The second kappa shape index (κ2) is 10.3. The number of aryl methyl sites for hydroxylation is 1. The molecule has 0 N–H and O–H groups in total. The van der Waals surface area contributed by atoms with E-state index in [2.05, 4.69) is 0 Å². The number of nitrogens with zero attached hydrogens (tertiary/aromatic N) is 2. The minimum Gasteiger partial charge on any atom is -0.497 e. The maximum absolute atomic E-state index is 13.4. The molecule has 0 radical (unpaired) electrons. The van der Waals surface area contributed by atoms with Gasteiger partial charge in [0.2, 0.25) is 5.75 Å². The first-order valence-corrected chi connectivity index (χ1v) is 11.0. The number of hydrogen-bond acceptors (Lipinski definition) is 6. The molecule has 1 amide bonds. The van der Waals surface area contributed by atoms with Gasteiger partial charge in [0, 0.05) is 6.42 Å². The van der Waals surface area contributed by atoms with E-state index in [9.17, 15) is 4.79 Å². The van der Waals surface area contributed by atoms with Crippen molar-refractivity contribution in [1.29, 1.82) is 0 Å². The van der Waals surface area contributed by atoms with Crippen LogP contribution in [0.1, 0.15) is 29.2 Å². The van der Waals surface area contributed by atoms with E-state index >= 15 is 0 Å². The van der Waals surface area contributed by atoms with Crippen molar-refractivity contribution in [2.24, 2.45) is 5.10 Å². The highest BCUT2D eigenvalue weighted by molar-refractivity contribution is 6.03. The molecule has 7 nitrogen and oxygen atoms in total. The first kappa shape index (κ1) is 23.2. The molecule has 1 unspecified atom stereocenters. The minimum atomic E-state index is -0.267. The fraction of sp³-hybridized carbons (Fsp3) is 0.259. The maximum atomic E-state index is 13.4. The molecule has 176 valence electrons. The van der Waals surface area contributed by atoms with Crippen molar-refractivity contribution in [2.45, 2.75) is 19.4 Å². The number of rotatable bonds is 8. The van der Waals surface area contributed by atoms with E-state index in [0.29, 0.717) is 23.7 Å². The standard InChI is InChI=1S/C27H28N2O5/c1-18-14-24(32-3)27(25(15-18)33-4)34-17-26(30)29-23(20-10-12-21(31-2)13-11-20)16-22(28-29)19-8-6-5-7-9-19/h5-15,23H,16-17H2,1-4H3. The summed E-state index contributed by atoms with van der Waals surface area (Å²) in [5.41, 5.74) is 3.76. The molecule has 0 aliphatic carbocycles. The highest BCUT2D eigenvalue weighted by Crippen LogP contribution is 2.39. The molecule has 3 aromatic carbocycles. The lowest BCUT2D eigenvalue weighted by atomic mass is 9.98. The van der Waals surface area contributed by atoms with Crippen LogP contribution in [0.4, 0.5) is 0 Å². The lowest BCUT2D eigenvalue weighted by Gasteiger charge is -2.23. The van der Waals surface area contributed by atoms with Crippen LogP contribution in [0.3, 0.4) is 0 Å². The van der Waals surface area contributed by atoms with E-state index in [-0.39, 0.29) is 18.6 Å². The van der Waals surface area contributed by atoms with Crippen molar-refractivity contribution in [3.8, 4) is 23.0 Å². The molecular formula is C27H28N2O5. The van der Waals surface area contributed by atoms with Crippen LogP contribution in [0.15, 0.2) is 71.8 Å². The first-order valence-electron chi connectivity index (χ1n) is 11.0. The van der Waals surface area contributed by atoms with Gasteiger partial charge in [-0.2, -0.15) is 5.10 Å². The smallest absolute Gasteiger partial charge is 0.281 e. The SMILES string of the molecule is COc1ccc(C2CC(c3ccccc3)=NN2C(=O)COc2c(OC)cc(C)cc2OC)cc1.